The summed E-state index contributed by atoms with van der Waals surface area (Å²) < 4.78 is 35.8. The molecular formula is C42H49F2N11O5. The Morgan fingerprint density at radius 1 is 0.983 bits per heavy atom. The number of imide groups is 1. The van der Waals surface area contributed by atoms with E-state index in [0.29, 0.717) is 42.6 Å². The monoisotopic (exact) mass is 825 g/mol. The van der Waals surface area contributed by atoms with Crippen LogP contribution in [0.1, 0.15) is 84.1 Å². The van der Waals surface area contributed by atoms with Crippen LogP contribution in [0.5, 0.6) is 0 Å². The lowest BCUT2D eigenvalue weighted by Crippen LogP contribution is -2.52. The normalized spacial score (nSPS) is 28.4. The van der Waals surface area contributed by atoms with E-state index in [9.17, 15) is 28.0 Å². The van der Waals surface area contributed by atoms with Crippen molar-refractivity contribution in [2.45, 2.75) is 95.1 Å². The predicted octanol–water partition coefficient (Wildman–Crippen LogP) is 3.27. The van der Waals surface area contributed by atoms with Gasteiger partial charge in [0.15, 0.2) is 11.5 Å². The Balaban J connectivity index is 0.693. The Bertz CT molecular complexity index is 2270. The molecule has 4 saturated heterocycles. The lowest BCUT2D eigenvalue weighted by Gasteiger charge is -2.37. The minimum atomic E-state index is -2.88. The van der Waals surface area contributed by atoms with Crippen LogP contribution < -0.4 is 20.9 Å². The fraction of sp³-hybridized carbons (Fsp3) is 0.571. The Morgan fingerprint density at radius 3 is 2.57 bits per heavy atom. The zero-order valence-electron chi connectivity index (χ0n) is 33.3. The van der Waals surface area contributed by atoms with E-state index < -0.39 is 36.2 Å². The summed E-state index contributed by atoms with van der Waals surface area (Å²) in [5.74, 6) is 0.0743. The average Bonchev–Trinajstić information content (AvgIpc) is 4.10. The number of hydrogen-bond acceptors (Lipinski definition) is 12. The standard InChI is InChI=1S/C42H49F2N11O5/c43-36(44)35-38(51-40(57)29-18-46-55-15-12-33(47-39(29)55)53-20-27-16-26(53)22-60-27)50-37(49-35)25-6-4-24(5-7-25)19-52-13-10-23(11-14-52)17-45-31-3-1-2-28-30(31)21-54(42(28)59)32-8-9-34(56)48-41(32)58/h1-3,12,15,18,23-27,32,36-37,45H,4-11,13-14,16-17,19-22H2,(H,48,56,58)(H,50,51,57)/t24?,25?,26-,27-,32?,37?/m1/s1. The molecule has 6 aliphatic heterocycles. The molecule has 2 unspecified atom stereocenters. The first-order chi connectivity index (χ1) is 29.1. The molecule has 1 aliphatic carbocycles. The number of benzene rings is 1. The number of nitrogens with zero attached hydrogens (tertiary/aromatic N) is 8. The molecule has 60 heavy (non-hydrogen) atoms. The zero-order chi connectivity index (χ0) is 41.1. The van der Waals surface area contributed by atoms with Crippen molar-refractivity contribution in [1.82, 2.24) is 35.0 Å². The molecular weight excluding hydrogens is 777 g/mol. The molecule has 2 bridgehead atoms. The fourth-order valence-electron chi connectivity index (χ4n) is 10.3. The molecule has 4 atom stereocenters. The van der Waals surface area contributed by atoms with Crippen molar-refractivity contribution in [2.24, 2.45) is 27.7 Å². The molecule has 3 aromatic rings. The maximum atomic E-state index is 14.3. The molecule has 0 spiro atoms. The van der Waals surface area contributed by atoms with Crippen LogP contribution in [0.4, 0.5) is 20.3 Å². The number of anilines is 2. The number of aliphatic imine (C=N–C) groups is 2. The number of likely N-dealkylation sites (tertiary alicyclic amines) is 1. The second-order valence-electron chi connectivity index (χ2n) is 17.4. The lowest BCUT2D eigenvalue weighted by atomic mass is 9.80. The number of rotatable bonds is 10. The molecule has 16 nitrogen and oxygen atoms in total. The lowest BCUT2D eigenvalue weighted by molar-refractivity contribution is -0.136. The number of fused-ring (bicyclic) bond motifs is 4. The number of carbonyl (C=O) groups excluding carboxylic acids is 4. The molecule has 1 saturated carbocycles. The first-order valence-electron chi connectivity index (χ1n) is 21.4. The second-order valence-corrected chi connectivity index (χ2v) is 17.4. The van der Waals surface area contributed by atoms with Gasteiger partial charge >= 0.3 is 0 Å². The number of halogens is 2. The van der Waals surface area contributed by atoms with Gasteiger partial charge in [-0.05, 0) is 94.5 Å². The van der Waals surface area contributed by atoms with Crippen LogP contribution in [0, 0.1) is 17.8 Å². The van der Waals surface area contributed by atoms with Crippen LogP contribution >= 0.6 is 0 Å². The fourth-order valence-corrected chi connectivity index (χ4v) is 10.3. The number of alkyl halides is 2. The Kier molecular flexibility index (Phi) is 10.3. The summed E-state index contributed by atoms with van der Waals surface area (Å²) in [4.78, 5) is 70.9. The van der Waals surface area contributed by atoms with Crippen molar-refractivity contribution in [3.63, 3.8) is 0 Å². The van der Waals surface area contributed by atoms with Gasteiger partial charge in [-0.15, -0.1) is 0 Å². The van der Waals surface area contributed by atoms with Gasteiger partial charge in [-0.1, -0.05) is 6.07 Å². The van der Waals surface area contributed by atoms with Gasteiger partial charge in [0.25, 0.3) is 18.2 Å². The van der Waals surface area contributed by atoms with Gasteiger partial charge in [0, 0.05) is 61.5 Å². The molecule has 18 heteroatoms. The highest BCUT2D eigenvalue weighted by molar-refractivity contribution is 6.46. The van der Waals surface area contributed by atoms with Gasteiger partial charge < -0.3 is 30.1 Å². The van der Waals surface area contributed by atoms with Gasteiger partial charge in [-0.2, -0.15) is 5.10 Å². The van der Waals surface area contributed by atoms with Crippen LogP contribution in [-0.4, -0.2) is 130 Å². The number of aromatic nitrogens is 3. The summed E-state index contributed by atoms with van der Waals surface area (Å²) in [6.07, 6.45) is 6.99. The number of piperidine rings is 2. The minimum absolute atomic E-state index is 0.0213. The third-order valence-corrected chi connectivity index (χ3v) is 13.7. The number of ether oxygens (including phenoxy) is 1. The molecule has 7 aliphatic rings. The van der Waals surface area contributed by atoms with Crippen molar-refractivity contribution in [1.29, 1.82) is 0 Å². The van der Waals surface area contributed by atoms with Crippen molar-refractivity contribution in [2.75, 3.05) is 49.5 Å². The average molecular weight is 826 g/mol. The molecule has 10 rings (SSSR count). The highest BCUT2D eigenvalue weighted by Gasteiger charge is 2.42. The molecule has 0 radical (unpaired) electrons. The molecule has 4 amide bonds. The van der Waals surface area contributed by atoms with Crippen LogP contribution in [-0.2, 0) is 20.9 Å². The Hall–Kier alpha value is -5.36. The van der Waals surface area contributed by atoms with Gasteiger partial charge in [0.05, 0.1) is 24.9 Å². The van der Waals surface area contributed by atoms with Crippen molar-refractivity contribution >= 4 is 52.3 Å². The van der Waals surface area contributed by atoms with E-state index in [1.165, 1.54) is 10.7 Å². The summed E-state index contributed by atoms with van der Waals surface area (Å²) >= 11 is 0. The summed E-state index contributed by atoms with van der Waals surface area (Å²) in [7, 11) is 0. The second kappa shape index (κ2) is 15.9. The Morgan fingerprint density at radius 2 is 1.82 bits per heavy atom. The quantitative estimate of drug-likeness (QED) is 0.257. The third kappa shape index (κ3) is 7.41. The number of amidine groups is 1. The van der Waals surface area contributed by atoms with Gasteiger partial charge in [0.2, 0.25) is 11.8 Å². The first-order valence-corrected chi connectivity index (χ1v) is 21.4. The van der Waals surface area contributed by atoms with Crippen LogP contribution in [0.2, 0.25) is 0 Å². The molecule has 1 aromatic carbocycles. The number of carbonyl (C=O) groups is 4. The van der Waals surface area contributed by atoms with Gasteiger partial charge in [-0.25, -0.2) is 23.3 Å². The van der Waals surface area contributed by atoms with Crippen LogP contribution in [0.15, 0.2) is 46.6 Å². The molecule has 316 valence electrons. The Labute approximate surface area is 345 Å². The van der Waals surface area contributed by atoms with E-state index in [1.807, 2.05) is 18.2 Å². The van der Waals surface area contributed by atoms with Crippen molar-refractivity contribution in [3.05, 3.63) is 53.3 Å². The zero-order valence-corrected chi connectivity index (χ0v) is 33.3. The highest BCUT2D eigenvalue weighted by atomic mass is 19.3. The van der Waals surface area contributed by atoms with E-state index in [0.717, 1.165) is 94.7 Å². The smallest absolute Gasteiger partial charge is 0.283 e. The van der Waals surface area contributed by atoms with E-state index in [2.05, 4.69) is 40.8 Å². The molecule has 5 fully saturated rings. The summed E-state index contributed by atoms with van der Waals surface area (Å²) in [6, 6.07) is 7.12. The maximum absolute atomic E-state index is 14.3. The number of amides is 4. The van der Waals surface area contributed by atoms with Crippen molar-refractivity contribution < 1.29 is 32.7 Å². The SMILES string of the molecule is O=C1CCC(N2Cc3c(NCC4CCN(CC5CCC(C6N=C(NC(=O)c7cnn8ccc(N9C[C@H]%10C[C@@H]9CO%10)nc78)C(C(F)F)=N6)CC5)CC4)cccc3C2=O)C(=O)N1. The first kappa shape index (κ1) is 38.8. The molecule has 8 heterocycles. The number of nitrogens with one attached hydrogen (secondary N) is 3. The van der Waals surface area contributed by atoms with Crippen LogP contribution in [0.3, 0.4) is 0 Å². The summed E-state index contributed by atoms with van der Waals surface area (Å²) in [5.41, 5.74) is 2.46. The number of morpholine rings is 1. The van der Waals surface area contributed by atoms with Gasteiger partial charge in [0.1, 0.15) is 29.3 Å². The van der Waals surface area contributed by atoms with E-state index in [1.54, 1.807) is 17.2 Å². The van der Waals surface area contributed by atoms with Gasteiger partial charge in [-0.3, -0.25) is 29.5 Å². The van der Waals surface area contributed by atoms with E-state index >= 15 is 0 Å². The third-order valence-electron chi connectivity index (χ3n) is 13.7. The van der Waals surface area contributed by atoms with Crippen molar-refractivity contribution in [3.8, 4) is 0 Å². The summed E-state index contributed by atoms with van der Waals surface area (Å²) in [5, 5.41) is 12.9. The maximum Gasteiger partial charge on any atom is 0.283 e. The summed E-state index contributed by atoms with van der Waals surface area (Å²) in [6.45, 7) is 5.50. The van der Waals surface area contributed by atoms with E-state index in [-0.39, 0.29) is 47.7 Å². The molecule has 2 aromatic heterocycles. The highest BCUT2D eigenvalue weighted by Crippen LogP contribution is 2.37. The predicted molar refractivity (Wildman–Crippen MR) is 216 cm³/mol. The largest absolute Gasteiger partial charge is 0.384 e. The number of hydrogen-bond donors (Lipinski definition) is 3. The topological polar surface area (TPSA) is 178 Å². The minimum Gasteiger partial charge on any atom is -0.384 e. The van der Waals surface area contributed by atoms with E-state index in [4.69, 9.17) is 9.72 Å². The van der Waals surface area contributed by atoms with Crippen LogP contribution in [0.25, 0.3) is 5.65 Å². The molecule has 3 N–H and O–H groups in total.